The van der Waals surface area contributed by atoms with Crippen molar-refractivity contribution in [3.05, 3.63) is 0 Å². The van der Waals surface area contributed by atoms with Gasteiger partial charge in [-0.2, -0.15) is 0 Å². The Bertz CT molecular complexity index is 208. The van der Waals surface area contributed by atoms with Crippen molar-refractivity contribution in [2.24, 2.45) is 23.7 Å². The second-order valence-electron chi connectivity index (χ2n) is 6.43. The summed E-state index contributed by atoms with van der Waals surface area (Å²) in [6.07, 6.45) is 17.3. The van der Waals surface area contributed by atoms with Crippen molar-refractivity contribution < 1.29 is 0 Å². The van der Waals surface area contributed by atoms with Gasteiger partial charge >= 0.3 is 0 Å². The normalized spacial score (nSPS) is 46.4. The lowest BCUT2D eigenvalue weighted by atomic mass is 9.70. The molecule has 0 radical (unpaired) electrons. The summed E-state index contributed by atoms with van der Waals surface area (Å²) in [7, 11) is 0. The number of hydrogen-bond donors (Lipinski definition) is 0. The van der Waals surface area contributed by atoms with Crippen LogP contribution in [0.2, 0.25) is 0 Å². The zero-order valence-corrected chi connectivity index (χ0v) is 10.1. The topological polar surface area (TPSA) is 0 Å². The Balaban J connectivity index is 1.77. The van der Waals surface area contributed by atoms with E-state index in [0.29, 0.717) is 0 Å². The molecule has 0 heterocycles. The monoisotopic (exact) mass is 206 g/mol. The second-order valence-corrected chi connectivity index (χ2v) is 6.43. The zero-order chi connectivity index (χ0) is 10.1. The van der Waals surface area contributed by atoms with Crippen LogP contribution >= 0.6 is 0 Å². The van der Waals surface area contributed by atoms with Crippen LogP contribution in [-0.4, -0.2) is 0 Å². The second kappa shape index (κ2) is 4.47. The standard InChI is InChI=1S/C15H26/c1-2-7-14-11-12(5-1)9-10-13-6-3-4-8-15(13)14/h12-15H,1-11H2. The first kappa shape index (κ1) is 10.2. The molecule has 3 aliphatic carbocycles. The van der Waals surface area contributed by atoms with E-state index in [9.17, 15) is 0 Å². The van der Waals surface area contributed by atoms with Crippen molar-refractivity contribution in [3.63, 3.8) is 0 Å². The van der Waals surface area contributed by atoms with Crippen molar-refractivity contribution in [3.8, 4) is 0 Å². The smallest absolute Gasteiger partial charge is 0.0357 e. The lowest BCUT2D eigenvalue weighted by molar-refractivity contribution is 0.155. The Labute approximate surface area is 94.8 Å². The number of hydrogen-bond acceptors (Lipinski definition) is 0. The molecule has 3 fully saturated rings. The predicted molar refractivity (Wildman–Crippen MR) is 64.7 cm³/mol. The average molecular weight is 206 g/mol. The fourth-order valence-corrected chi connectivity index (χ4v) is 4.82. The zero-order valence-electron chi connectivity index (χ0n) is 10.1. The maximum Gasteiger partial charge on any atom is -0.0357 e. The molecule has 0 aromatic heterocycles. The fourth-order valence-electron chi connectivity index (χ4n) is 4.82. The molecule has 0 saturated heterocycles. The van der Waals surface area contributed by atoms with E-state index in [2.05, 4.69) is 0 Å². The minimum absolute atomic E-state index is 1.13. The predicted octanol–water partition coefficient (Wildman–Crippen LogP) is 4.78. The molecule has 0 aromatic rings. The van der Waals surface area contributed by atoms with E-state index >= 15 is 0 Å². The summed E-state index contributed by atoms with van der Waals surface area (Å²) in [6, 6.07) is 0. The summed E-state index contributed by atoms with van der Waals surface area (Å²) in [4.78, 5) is 0. The van der Waals surface area contributed by atoms with Gasteiger partial charge in [0.25, 0.3) is 0 Å². The van der Waals surface area contributed by atoms with Gasteiger partial charge in [-0.1, -0.05) is 51.4 Å². The third-order valence-electron chi connectivity index (χ3n) is 5.59. The lowest BCUT2D eigenvalue weighted by Crippen LogP contribution is -2.25. The van der Waals surface area contributed by atoms with Gasteiger partial charge < -0.3 is 0 Å². The van der Waals surface area contributed by atoms with Crippen LogP contribution in [0.3, 0.4) is 0 Å². The van der Waals surface area contributed by atoms with Crippen molar-refractivity contribution >= 4 is 0 Å². The minimum Gasteiger partial charge on any atom is -0.0530 e. The van der Waals surface area contributed by atoms with Crippen LogP contribution in [0.5, 0.6) is 0 Å². The fraction of sp³-hybridized carbons (Fsp3) is 1.00. The van der Waals surface area contributed by atoms with Gasteiger partial charge in [-0.15, -0.1) is 0 Å². The SMILES string of the molecule is C1CCC2CC(C1)CCC1CCCCC12. The maximum atomic E-state index is 1.61. The van der Waals surface area contributed by atoms with Crippen LogP contribution in [0, 0.1) is 23.7 Å². The maximum absolute atomic E-state index is 1.61. The van der Waals surface area contributed by atoms with Crippen LogP contribution in [0.1, 0.15) is 70.6 Å². The first-order valence-corrected chi connectivity index (χ1v) is 7.43. The highest BCUT2D eigenvalue weighted by atomic mass is 14.4. The molecule has 4 unspecified atom stereocenters. The van der Waals surface area contributed by atoms with Crippen molar-refractivity contribution in [2.45, 2.75) is 70.6 Å². The largest absolute Gasteiger partial charge is 0.0530 e. The molecule has 86 valence electrons. The van der Waals surface area contributed by atoms with E-state index in [-0.39, 0.29) is 0 Å². The molecule has 0 aliphatic heterocycles. The molecular formula is C15H26. The Kier molecular flexibility index (Phi) is 3.03. The molecule has 0 spiro atoms. The van der Waals surface area contributed by atoms with E-state index in [1.54, 1.807) is 70.6 Å². The molecule has 2 bridgehead atoms. The van der Waals surface area contributed by atoms with Crippen LogP contribution in [0.25, 0.3) is 0 Å². The first-order valence-electron chi connectivity index (χ1n) is 7.43. The van der Waals surface area contributed by atoms with Crippen molar-refractivity contribution in [1.82, 2.24) is 0 Å². The highest BCUT2D eigenvalue weighted by Gasteiger charge is 2.36. The lowest BCUT2D eigenvalue weighted by Gasteiger charge is -2.35. The molecule has 4 atom stereocenters. The van der Waals surface area contributed by atoms with Crippen LogP contribution in [0.4, 0.5) is 0 Å². The first-order chi connectivity index (χ1) is 7.43. The van der Waals surface area contributed by atoms with Gasteiger partial charge in [0.05, 0.1) is 0 Å². The minimum atomic E-state index is 1.13. The van der Waals surface area contributed by atoms with Gasteiger partial charge in [0.1, 0.15) is 0 Å². The summed E-state index contributed by atoms with van der Waals surface area (Å²) in [5.41, 5.74) is 0. The molecule has 15 heavy (non-hydrogen) atoms. The Hall–Kier alpha value is 0. The van der Waals surface area contributed by atoms with E-state index in [1.165, 1.54) is 0 Å². The molecule has 0 heteroatoms. The van der Waals surface area contributed by atoms with Gasteiger partial charge in [-0.05, 0) is 42.9 Å². The molecule has 0 amide bonds. The van der Waals surface area contributed by atoms with Crippen LogP contribution in [0.15, 0.2) is 0 Å². The Morgan fingerprint density at radius 3 is 2.20 bits per heavy atom. The molecule has 0 nitrogen and oxygen atoms in total. The molecule has 0 aromatic carbocycles. The van der Waals surface area contributed by atoms with Gasteiger partial charge in [0.2, 0.25) is 0 Å². The van der Waals surface area contributed by atoms with Gasteiger partial charge in [-0.3, -0.25) is 0 Å². The average Bonchev–Trinajstić information content (AvgIpc) is 2.61. The van der Waals surface area contributed by atoms with Crippen molar-refractivity contribution in [1.29, 1.82) is 0 Å². The Morgan fingerprint density at radius 1 is 0.533 bits per heavy atom. The van der Waals surface area contributed by atoms with Gasteiger partial charge in [0, 0.05) is 0 Å². The highest BCUT2D eigenvalue weighted by molar-refractivity contribution is 4.87. The highest BCUT2D eigenvalue weighted by Crippen LogP contribution is 2.48. The summed E-state index contributed by atoms with van der Waals surface area (Å²) >= 11 is 0. The third-order valence-corrected chi connectivity index (χ3v) is 5.59. The molecular weight excluding hydrogens is 180 g/mol. The van der Waals surface area contributed by atoms with Crippen LogP contribution < -0.4 is 0 Å². The quantitative estimate of drug-likeness (QED) is 0.535. The van der Waals surface area contributed by atoms with Gasteiger partial charge in [-0.25, -0.2) is 0 Å². The third kappa shape index (κ3) is 2.10. The van der Waals surface area contributed by atoms with E-state index in [0.717, 1.165) is 23.7 Å². The number of rotatable bonds is 0. The van der Waals surface area contributed by atoms with Crippen LogP contribution in [-0.2, 0) is 0 Å². The van der Waals surface area contributed by atoms with E-state index in [4.69, 9.17) is 0 Å². The molecule has 3 aliphatic rings. The Morgan fingerprint density at radius 2 is 1.27 bits per heavy atom. The van der Waals surface area contributed by atoms with Gasteiger partial charge in [0.15, 0.2) is 0 Å². The van der Waals surface area contributed by atoms with Crippen molar-refractivity contribution in [2.75, 3.05) is 0 Å². The molecule has 0 N–H and O–H groups in total. The molecule has 3 saturated carbocycles. The summed E-state index contributed by atoms with van der Waals surface area (Å²) in [6.45, 7) is 0. The summed E-state index contributed by atoms with van der Waals surface area (Å²) < 4.78 is 0. The van der Waals surface area contributed by atoms with E-state index in [1.807, 2.05) is 0 Å². The molecule has 3 rings (SSSR count). The summed E-state index contributed by atoms with van der Waals surface area (Å²) in [5, 5.41) is 0. The number of fused-ring (bicyclic) bond motifs is 4. The summed E-state index contributed by atoms with van der Waals surface area (Å²) in [5.74, 6) is 4.57. The van der Waals surface area contributed by atoms with E-state index < -0.39 is 0 Å².